The van der Waals surface area contributed by atoms with Crippen molar-refractivity contribution in [3.63, 3.8) is 0 Å². The standard InChI is InChI=1S/C22H19N/c1-22(18-12-6-3-7-13-18)16-20(17-10-4-2-5-11-17)19-14-8-9-15-21(19)23-22/h2-16,23H,1H3. The summed E-state index contributed by atoms with van der Waals surface area (Å²) >= 11 is 0. The summed E-state index contributed by atoms with van der Waals surface area (Å²) in [4.78, 5) is 0. The molecule has 0 aliphatic carbocycles. The molecule has 1 heteroatoms. The van der Waals surface area contributed by atoms with Gasteiger partial charge in [-0.15, -0.1) is 0 Å². The first-order chi connectivity index (χ1) is 11.3. The van der Waals surface area contributed by atoms with E-state index in [9.17, 15) is 0 Å². The second-order valence-corrected chi connectivity index (χ2v) is 6.16. The molecule has 0 saturated carbocycles. The Kier molecular flexibility index (Phi) is 3.27. The molecular formula is C22H19N. The summed E-state index contributed by atoms with van der Waals surface area (Å²) in [6, 6.07) is 29.8. The molecule has 1 unspecified atom stereocenters. The summed E-state index contributed by atoms with van der Waals surface area (Å²) in [6.45, 7) is 2.24. The summed E-state index contributed by atoms with van der Waals surface area (Å²) in [7, 11) is 0. The van der Waals surface area contributed by atoms with Gasteiger partial charge in [0.2, 0.25) is 0 Å². The molecule has 1 nitrogen and oxygen atoms in total. The van der Waals surface area contributed by atoms with E-state index in [0.717, 1.165) is 0 Å². The highest BCUT2D eigenvalue weighted by Gasteiger charge is 2.30. The molecular weight excluding hydrogens is 278 g/mol. The van der Waals surface area contributed by atoms with Crippen molar-refractivity contribution in [3.05, 3.63) is 108 Å². The Bertz CT molecular complexity index is 849. The van der Waals surface area contributed by atoms with Gasteiger partial charge >= 0.3 is 0 Å². The maximum atomic E-state index is 3.71. The lowest BCUT2D eigenvalue weighted by atomic mass is 9.82. The fourth-order valence-corrected chi connectivity index (χ4v) is 3.31. The number of rotatable bonds is 2. The van der Waals surface area contributed by atoms with Crippen molar-refractivity contribution in [2.45, 2.75) is 12.5 Å². The Labute approximate surface area is 137 Å². The Morgan fingerprint density at radius 1 is 0.696 bits per heavy atom. The zero-order valence-corrected chi connectivity index (χ0v) is 13.2. The van der Waals surface area contributed by atoms with Crippen molar-refractivity contribution in [2.75, 3.05) is 5.32 Å². The van der Waals surface area contributed by atoms with Gasteiger partial charge in [-0.05, 0) is 35.8 Å². The van der Waals surface area contributed by atoms with E-state index < -0.39 is 0 Å². The predicted molar refractivity (Wildman–Crippen MR) is 97.4 cm³/mol. The maximum Gasteiger partial charge on any atom is 0.0790 e. The molecule has 1 aliphatic rings. The van der Waals surface area contributed by atoms with Gasteiger partial charge in [-0.1, -0.05) is 78.9 Å². The first-order valence-corrected chi connectivity index (χ1v) is 7.98. The molecule has 1 atom stereocenters. The zero-order valence-electron chi connectivity index (χ0n) is 13.2. The molecule has 0 fully saturated rings. The minimum absolute atomic E-state index is 0.221. The van der Waals surface area contributed by atoms with Gasteiger partial charge in [0, 0.05) is 11.3 Å². The van der Waals surface area contributed by atoms with Crippen molar-refractivity contribution >= 4 is 11.3 Å². The van der Waals surface area contributed by atoms with Gasteiger partial charge in [-0.25, -0.2) is 0 Å². The third kappa shape index (κ3) is 2.44. The first-order valence-electron chi connectivity index (χ1n) is 7.98. The lowest BCUT2D eigenvalue weighted by Gasteiger charge is -2.36. The van der Waals surface area contributed by atoms with Crippen LogP contribution in [0.25, 0.3) is 5.57 Å². The van der Waals surface area contributed by atoms with Gasteiger partial charge in [-0.2, -0.15) is 0 Å². The second kappa shape index (κ2) is 5.44. The van der Waals surface area contributed by atoms with Gasteiger partial charge in [0.25, 0.3) is 0 Å². The van der Waals surface area contributed by atoms with Gasteiger partial charge in [-0.3, -0.25) is 0 Å². The van der Waals surface area contributed by atoms with Gasteiger partial charge < -0.3 is 5.32 Å². The summed E-state index contributed by atoms with van der Waals surface area (Å²) in [6.07, 6.45) is 2.35. The maximum absolute atomic E-state index is 3.71. The topological polar surface area (TPSA) is 12.0 Å². The Morgan fingerprint density at radius 3 is 2.04 bits per heavy atom. The van der Waals surface area contributed by atoms with Crippen LogP contribution >= 0.6 is 0 Å². The number of fused-ring (bicyclic) bond motifs is 1. The van der Waals surface area contributed by atoms with Crippen LogP contribution in [0.1, 0.15) is 23.6 Å². The van der Waals surface area contributed by atoms with Gasteiger partial charge in [0.1, 0.15) is 0 Å². The Balaban J connectivity index is 1.93. The smallest absolute Gasteiger partial charge is 0.0790 e. The molecule has 0 spiro atoms. The molecule has 0 saturated heterocycles. The second-order valence-electron chi connectivity index (χ2n) is 6.16. The first kappa shape index (κ1) is 13.8. The average molecular weight is 297 g/mol. The van der Waals surface area contributed by atoms with E-state index in [4.69, 9.17) is 0 Å². The molecule has 0 radical (unpaired) electrons. The van der Waals surface area contributed by atoms with E-state index in [1.165, 1.54) is 28.0 Å². The molecule has 0 amide bonds. The number of benzene rings is 3. The number of anilines is 1. The van der Waals surface area contributed by atoms with Crippen LogP contribution < -0.4 is 5.32 Å². The van der Waals surface area contributed by atoms with Crippen LogP contribution in [-0.4, -0.2) is 0 Å². The monoisotopic (exact) mass is 297 g/mol. The molecule has 23 heavy (non-hydrogen) atoms. The SMILES string of the molecule is CC1(c2ccccc2)C=C(c2ccccc2)c2ccccc2N1. The predicted octanol–water partition coefficient (Wildman–Crippen LogP) is 5.46. The van der Waals surface area contributed by atoms with Crippen molar-refractivity contribution in [1.29, 1.82) is 0 Å². The minimum atomic E-state index is -0.221. The zero-order chi connectivity index (χ0) is 15.7. The van der Waals surface area contributed by atoms with Gasteiger partial charge in [0.05, 0.1) is 5.54 Å². The third-order valence-electron chi connectivity index (χ3n) is 4.50. The summed E-state index contributed by atoms with van der Waals surface area (Å²) in [5.41, 5.74) is 6.02. The van der Waals surface area contributed by atoms with E-state index in [0.29, 0.717) is 0 Å². The molecule has 1 aliphatic heterocycles. The molecule has 1 N–H and O–H groups in total. The Hall–Kier alpha value is -2.80. The van der Waals surface area contributed by atoms with Crippen LogP contribution in [0.5, 0.6) is 0 Å². The summed E-state index contributed by atoms with van der Waals surface area (Å²) < 4.78 is 0. The highest BCUT2D eigenvalue weighted by Crippen LogP contribution is 2.41. The average Bonchev–Trinajstić information content (AvgIpc) is 2.62. The van der Waals surface area contributed by atoms with E-state index in [-0.39, 0.29) is 5.54 Å². The molecule has 3 aromatic rings. The lowest BCUT2D eigenvalue weighted by Crippen LogP contribution is -2.32. The number of hydrogen-bond acceptors (Lipinski definition) is 1. The van der Waals surface area contributed by atoms with E-state index in [2.05, 4.69) is 103 Å². The van der Waals surface area contributed by atoms with Crippen LogP contribution in [-0.2, 0) is 5.54 Å². The highest BCUT2D eigenvalue weighted by molar-refractivity contribution is 5.89. The third-order valence-corrected chi connectivity index (χ3v) is 4.50. The fourth-order valence-electron chi connectivity index (χ4n) is 3.31. The van der Waals surface area contributed by atoms with Crippen LogP contribution in [0, 0.1) is 0 Å². The molecule has 3 aromatic carbocycles. The van der Waals surface area contributed by atoms with Crippen LogP contribution in [0.3, 0.4) is 0 Å². The van der Waals surface area contributed by atoms with Crippen LogP contribution in [0.15, 0.2) is 91.0 Å². The number of hydrogen-bond donors (Lipinski definition) is 1. The fraction of sp³-hybridized carbons (Fsp3) is 0.0909. The van der Waals surface area contributed by atoms with Crippen molar-refractivity contribution in [3.8, 4) is 0 Å². The lowest BCUT2D eigenvalue weighted by molar-refractivity contribution is 0.685. The minimum Gasteiger partial charge on any atom is -0.372 e. The summed E-state index contributed by atoms with van der Waals surface area (Å²) in [5.74, 6) is 0. The van der Waals surface area contributed by atoms with Crippen molar-refractivity contribution in [2.24, 2.45) is 0 Å². The van der Waals surface area contributed by atoms with Crippen LogP contribution in [0.4, 0.5) is 5.69 Å². The largest absolute Gasteiger partial charge is 0.372 e. The van der Waals surface area contributed by atoms with Crippen molar-refractivity contribution in [1.82, 2.24) is 0 Å². The normalized spacial score (nSPS) is 19.4. The highest BCUT2D eigenvalue weighted by atomic mass is 15.0. The van der Waals surface area contributed by atoms with Crippen molar-refractivity contribution < 1.29 is 0 Å². The molecule has 1 heterocycles. The van der Waals surface area contributed by atoms with E-state index in [1.807, 2.05) is 0 Å². The van der Waals surface area contributed by atoms with E-state index in [1.54, 1.807) is 0 Å². The Morgan fingerprint density at radius 2 is 1.30 bits per heavy atom. The number of nitrogens with one attached hydrogen (secondary N) is 1. The molecule has 112 valence electrons. The van der Waals surface area contributed by atoms with Crippen LogP contribution in [0.2, 0.25) is 0 Å². The summed E-state index contributed by atoms with van der Waals surface area (Å²) in [5, 5.41) is 3.71. The van der Waals surface area contributed by atoms with Gasteiger partial charge in [0.15, 0.2) is 0 Å². The molecule has 4 rings (SSSR count). The quantitative estimate of drug-likeness (QED) is 0.662. The van der Waals surface area contributed by atoms with E-state index >= 15 is 0 Å². The number of para-hydroxylation sites is 1. The molecule has 0 bridgehead atoms. The molecule has 0 aromatic heterocycles.